The maximum atomic E-state index is 11.9. The van der Waals surface area contributed by atoms with Crippen LogP contribution in [0.1, 0.15) is 17.1 Å². The summed E-state index contributed by atoms with van der Waals surface area (Å²) in [4.78, 5) is 18.7. The number of aromatic nitrogens is 1. The van der Waals surface area contributed by atoms with Crippen molar-refractivity contribution in [2.75, 3.05) is 31.1 Å². The first kappa shape index (κ1) is 16.8. The fourth-order valence-electron chi connectivity index (χ4n) is 3.00. The molecular weight excluding hydrogens is 320 g/mol. The Morgan fingerprint density at radius 1 is 1.33 bits per heavy atom. The summed E-state index contributed by atoms with van der Waals surface area (Å²) >= 11 is 1.64. The third kappa shape index (κ3) is 4.71. The number of amides is 2. The molecule has 1 aliphatic heterocycles. The number of carbonyl (C=O) groups is 1. The number of hydrogen-bond donors (Lipinski definition) is 2. The SMILES string of the molecule is Cc1nc(CCNC(=O)NC[C@H]2CCN(c3ccccc3)C2)cs1. The highest BCUT2D eigenvalue weighted by atomic mass is 32.1. The second kappa shape index (κ2) is 8.15. The van der Waals surface area contributed by atoms with Gasteiger partial charge in [0.2, 0.25) is 0 Å². The summed E-state index contributed by atoms with van der Waals surface area (Å²) < 4.78 is 0. The molecule has 2 aromatic rings. The maximum Gasteiger partial charge on any atom is 0.314 e. The Morgan fingerprint density at radius 3 is 2.92 bits per heavy atom. The third-order valence-corrected chi connectivity index (χ3v) is 5.11. The van der Waals surface area contributed by atoms with Crippen molar-refractivity contribution < 1.29 is 4.79 Å². The Kier molecular flexibility index (Phi) is 5.69. The number of carbonyl (C=O) groups excluding carboxylic acids is 1. The van der Waals surface area contributed by atoms with Gasteiger partial charge in [-0.2, -0.15) is 0 Å². The van der Waals surface area contributed by atoms with Crippen LogP contribution in [-0.4, -0.2) is 37.2 Å². The first-order valence-electron chi connectivity index (χ1n) is 8.43. The van der Waals surface area contributed by atoms with E-state index in [4.69, 9.17) is 0 Å². The maximum absolute atomic E-state index is 11.9. The number of aryl methyl sites for hydroxylation is 1. The van der Waals surface area contributed by atoms with Gasteiger partial charge in [0.1, 0.15) is 0 Å². The number of rotatable bonds is 6. The first-order valence-corrected chi connectivity index (χ1v) is 9.31. The molecule has 1 aromatic heterocycles. The van der Waals surface area contributed by atoms with Gasteiger partial charge in [0.15, 0.2) is 0 Å². The standard InChI is InChI=1S/C18H24N4OS/c1-14-21-16(13-24-14)7-9-19-18(23)20-11-15-8-10-22(12-15)17-5-3-2-4-6-17/h2-6,13,15H,7-12H2,1H3,(H2,19,20,23)/t15-/m1/s1. The van der Waals surface area contributed by atoms with Crippen molar-refractivity contribution in [1.29, 1.82) is 0 Å². The summed E-state index contributed by atoms with van der Waals surface area (Å²) in [6.07, 6.45) is 1.90. The molecule has 0 radical (unpaired) electrons. The molecule has 0 bridgehead atoms. The van der Waals surface area contributed by atoms with Crippen LogP contribution in [0, 0.1) is 12.8 Å². The molecule has 1 aliphatic rings. The molecule has 2 amide bonds. The lowest BCUT2D eigenvalue weighted by Gasteiger charge is -2.18. The van der Waals surface area contributed by atoms with E-state index in [0.717, 1.165) is 43.2 Å². The van der Waals surface area contributed by atoms with E-state index < -0.39 is 0 Å². The van der Waals surface area contributed by atoms with E-state index in [2.05, 4.69) is 44.8 Å². The fraction of sp³-hybridized carbons (Fsp3) is 0.444. The predicted octanol–water partition coefficient (Wildman–Crippen LogP) is 2.82. The molecule has 1 fully saturated rings. The van der Waals surface area contributed by atoms with Gasteiger partial charge in [0.05, 0.1) is 10.7 Å². The average molecular weight is 344 g/mol. The van der Waals surface area contributed by atoms with Crippen LogP contribution >= 0.6 is 11.3 Å². The smallest absolute Gasteiger partial charge is 0.314 e. The monoisotopic (exact) mass is 344 g/mol. The minimum absolute atomic E-state index is 0.0832. The number of para-hydroxylation sites is 1. The van der Waals surface area contributed by atoms with Crippen LogP contribution < -0.4 is 15.5 Å². The Hall–Kier alpha value is -2.08. The average Bonchev–Trinajstić information content (AvgIpc) is 3.23. The van der Waals surface area contributed by atoms with Crippen molar-refractivity contribution in [2.24, 2.45) is 5.92 Å². The molecule has 128 valence electrons. The Labute approximate surface area is 147 Å². The molecule has 1 aromatic carbocycles. The van der Waals surface area contributed by atoms with Crippen LogP contribution in [-0.2, 0) is 6.42 Å². The topological polar surface area (TPSA) is 57.3 Å². The lowest BCUT2D eigenvalue weighted by molar-refractivity contribution is 0.239. The number of anilines is 1. The van der Waals surface area contributed by atoms with Crippen LogP contribution in [0.15, 0.2) is 35.7 Å². The van der Waals surface area contributed by atoms with Crippen molar-refractivity contribution in [3.63, 3.8) is 0 Å². The van der Waals surface area contributed by atoms with E-state index in [0.29, 0.717) is 12.5 Å². The zero-order valence-corrected chi connectivity index (χ0v) is 14.8. The van der Waals surface area contributed by atoms with E-state index in [9.17, 15) is 4.79 Å². The molecular formula is C18H24N4OS. The minimum atomic E-state index is -0.0832. The highest BCUT2D eigenvalue weighted by Crippen LogP contribution is 2.22. The number of urea groups is 1. The Bertz CT molecular complexity index is 658. The molecule has 1 saturated heterocycles. The van der Waals surface area contributed by atoms with Crippen molar-refractivity contribution in [1.82, 2.24) is 15.6 Å². The van der Waals surface area contributed by atoms with Crippen molar-refractivity contribution in [3.05, 3.63) is 46.4 Å². The highest BCUT2D eigenvalue weighted by molar-refractivity contribution is 7.09. The van der Waals surface area contributed by atoms with Gasteiger partial charge in [-0.1, -0.05) is 18.2 Å². The number of nitrogens with one attached hydrogen (secondary N) is 2. The summed E-state index contributed by atoms with van der Waals surface area (Å²) in [5.74, 6) is 0.511. The number of nitrogens with zero attached hydrogens (tertiary/aromatic N) is 2. The summed E-state index contributed by atoms with van der Waals surface area (Å²) in [5, 5.41) is 9.02. The minimum Gasteiger partial charge on any atom is -0.371 e. The van der Waals surface area contributed by atoms with E-state index >= 15 is 0 Å². The van der Waals surface area contributed by atoms with E-state index in [1.54, 1.807) is 11.3 Å². The normalized spacial score (nSPS) is 17.0. The predicted molar refractivity (Wildman–Crippen MR) is 98.7 cm³/mol. The van der Waals surface area contributed by atoms with Gasteiger partial charge in [-0.3, -0.25) is 0 Å². The fourth-order valence-corrected chi connectivity index (χ4v) is 3.65. The molecule has 5 nitrogen and oxygen atoms in total. The van der Waals surface area contributed by atoms with E-state index in [1.807, 2.05) is 18.4 Å². The first-order chi connectivity index (χ1) is 11.7. The van der Waals surface area contributed by atoms with E-state index in [-0.39, 0.29) is 6.03 Å². The summed E-state index contributed by atoms with van der Waals surface area (Å²) in [6.45, 7) is 5.40. The highest BCUT2D eigenvalue weighted by Gasteiger charge is 2.22. The molecule has 0 aliphatic carbocycles. The second-order valence-electron chi connectivity index (χ2n) is 6.18. The Morgan fingerprint density at radius 2 is 2.17 bits per heavy atom. The second-order valence-corrected chi connectivity index (χ2v) is 7.24. The van der Waals surface area contributed by atoms with Gasteiger partial charge in [-0.15, -0.1) is 11.3 Å². The van der Waals surface area contributed by atoms with Crippen molar-refractivity contribution in [3.8, 4) is 0 Å². The van der Waals surface area contributed by atoms with Gasteiger partial charge in [0.25, 0.3) is 0 Å². The number of hydrogen-bond acceptors (Lipinski definition) is 4. The molecule has 24 heavy (non-hydrogen) atoms. The van der Waals surface area contributed by atoms with Gasteiger partial charge >= 0.3 is 6.03 Å². The molecule has 2 heterocycles. The Balaban J connectivity index is 1.33. The summed E-state index contributed by atoms with van der Waals surface area (Å²) in [6, 6.07) is 10.4. The van der Waals surface area contributed by atoms with Gasteiger partial charge < -0.3 is 15.5 Å². The molecule has 3 rings (SSSR count). The summed E-state index contributed by atoms with van der Waals surface area (Å²) in [5.41, 5.74) is 2.31. The molecule has 2 N–H and O–H groups in total. The van der Waals surface area contributed by atoms with Crippen LogP contribution in [0.25, 0.3) is 0 Å². The van der Waals surface area contributed by atoms with Gasteiger partial charge in [-0.25, -0.2) is 9.78 Å². The molecule has 0 unspecified atom stereocenters. The zero-order valence-electron chi connectivity index (χ0n) is 14.0. The van der Waals surface area contributed by atoms with Crippen molar-refractivity contribution >= 4 is 23.1 Å². The number of benzene rings is 1. The summed E-state index contributed by atoms with van der Waals surface area (Å²) in [7, 11) is 0. The molecule has 0 saturated carbocycles. The largest absolute Gasteiger partial charge is 0.371 e. The number of thiazole rings is 1. The van der Waals surface area contributed by atoms with Gasteiger partial charge in [0, 0.05) is 43.7 Å². The van der Waals surface area contributed by atoms with Crippen LogP contribution in [0.2, 0.25) is 0 Å². The van der Waals surface area contributed by atoms with Gasteiger partial charge in [-0.05, 0) is 31.4 Å². The third-order valence-electron chi connectivity index (χ3n) is 4.29. The van der Waals surface area contributed by atoms with E-state index in [1.165, 1.54) is 5.69 Å². The zero-order chi connectivity index (χ0) is 16.8. The lowest BCUT2D eigenvalue weighted by Crippen LogP contribution is -2.39. The van der Waals surface area contributed by atoms with Crippen LogP contribution in [0.5, 0.6) is 0 Å². The van der Waals surface area contributed by atoms with Crippen LogP contribution in [0.4, 0.5) is 10.5 Å². The van der Waals surface area contributed by atoms with Crippen molar-refractivity contribution in [2.45, 2.75) is 19.8 Å². The molecule has 1 atom stereocenters. The molecule has 6 heteroatoms. The quantitative estimate of drug-likeness (QED) is 0.847. The molecule has 0 spiro atoms. The van der Waals surface area contributed by atoms with Crippen LogP contribution in [0.3, 0.4) is 0 Å². The lowest BCUT2D eigenvalue weighted by atomic mass is 10.1.